The van der Waals surface area contributed by atoms with Crippen LogP contribution in [0.25, 0.3) is 0 Å². The van der Waals surface area contributed by atoms with Gasteiger partial charge in [0.2, 0.25) is 5.91 Å². The second-order valence-corrected chi connectivity index (χ2v) is 6.85. The maximum absolute atomic E-state index is 13.0. The van der Waals surface area contributed by atoms with E-state index in [1.54, 1.807) is 0 Å². The molecule has 1 N–H and O–H groups in total. The van der Waals surface area contributed by atoms with Crippen molar-refractivity contribution in [3.05, 3.63) is 52.3 Å². The maximum atomic E-state index is 13.0. The van der Waals surface area contributed by atoms with E-state index in [1.165, 1.54) is 11.1 Å². The molecule has 150 valence electrons. The molecule has 1 aliphatic rings. The molecule has 2 aromatic rings. The van der Waals surface area contributed by atoms with Gasteiger partial charge in [0.05, 0.1) is 18.2 Å². The van der Waals surface area contributed by atoms with Crippen LogP contribution < -0.4 is 5.32 Å². The van der Waals surface area contributed by atoms with Crippen LogP contribution in [0.1, 0.15) is 41.0 Å². The Hall–Kier alpha value is -1.56. The number of hydrogen-bond acceptors (Lipinski definition) is 3. The van der Waals surface area contributed by atoms with Crippen LogP contribution in [0.2, 0.25) is 0 Å². The Bertz CT molecular complexity index is 758. The third kappa shape index (κ3) is 5.03. The predicted octanol–water partition coefficient (Wildman–Crippen LogP) is 3.16. The summed E-state index contributed by atoms with van der Waals surface area (Å²) in [5, 5.41) is 7.87. The van der Waals surface area contributed by atoms with Gasteiger partial charge in [-0.25, -0.2) is 0 Å². The van der Waals surface area contributed by atoms with Crippen molar-refractivity contribution in [2.24, 2.45) is 7.05 Å². The van der Waals surface area contributed by atoms with E-state index in [-0.39, 0.29) is 36.8 Å². The predicted molar refractivity (Wildman–Crippen MR) is 114 cm³/mol. The van der Waals surface area contributed by atoms with Gasteiger partial charge in [0, 0.05) is 37.9 Å². The summed E-state index contributed by atoms with van der Waals surface area (Å²) in [5.74, 6) is 0.185. The molecule has 1 aromatic heterocycles. The molecule has 1 amide bonds. The average Bonchev–Trinajstić information content (AvgIpc) is 2.88. The highest BCUT2D eigenvalue weighted by molar-refractivity contribution is 5.85. The van der Waals surface area contributed by atoms with Crippen molar-refractivity contribution in [2.75, 3.05) is 19.6 Å². The lowest BCUT2D eigenvalue weighted by Crippen LogP contribution is -2.49. The minimum atomic E-state index is 0. The largest absolute Gasteiger partial charge is 0.333 e. The molecule has 1 unspecified atom stereocenters. The van der Waals surface area contributed by atoms with Gasteiger partial charge >= 0.3 is 0 Å². The summed E-state index contributed by atoms with van der Waals surface area (Å²) in [7, 11) is 1.93. The fourth-order valence-corrected chi connectivity index (χ4v) is 3.60. The molecule has 2 heterocycles. The van der Waals surface area contributed by atoms with Gasteiger partial charge in [-0.1, -0.05) is 31.2 Å². The van der Waals surface area contributed by atoms with Crippen molar-refractivity contribution >= 4 is 30.7 Å². The van der Waals surface area contributed by atoms with Gasteiger partial charge in [-0.15, -0.1) is 24.8 Å². The Morgan fingerprint density at radius 2 is 1.89 bits per heavy atom. The third-order valence-corrected chi connectivity index (χ3v) is 5.32. The number of carbonyl (C=O) groups is 1. The molecule has 1 aromatic carbocycles. The van der Waals surface area contributed by atoms with Crippen LogP contribution in [0.15, 0.2) is 24.3 Å². The van der Waals surface area contributed by atoms with E-state index < -0.39 is 0 Å². The van der Waals surface area contributed by atoms with Crippen LogP contribution in [0.5, 0.6) is 0 Å². The smallest absolute Gasteiger partial charge is 0.227 e. The Morgan fingerprint density at radius 1 is 1.22 bits per heavy atom. The number of nitrogens with zero attached hydrogens (tertiary/aromatic N) is 3. The number of piperazine rings is 1. The van der Waals surface area contributed by atoms with Gasteiger partial charge in [0.15, 0.2) is 0 Å². The Balaban J connectivity index is 0.00000182. The highest BCUT2D eigenvalue weighted by Gasteiger charge is 2.28. The number of carbonyl (C=O) groups excluding carboxylic acids is 1. The van der Waals surface area contributed by atoms with E-state index in [2.05, 4.69) is 41.6 Å². The zero-order chi connectivity index (χ0) is 18.0. The summed E-state index contributed by atoms with van der Waals surface area (Å²) in [6, 6.07) is 8.77. The van der Waals surface area contributed by atoms with Crippen molar-refractivity contribution in [1.82, 2.24) is 20.0 Å². The summed E-state index contributed by atoms with van der Waals surface area (Å²) >= 11 is 0. The molecule has 1 aliphatic heterocycles. The molecule has 7 heteroatoms. The molecule has 27 heavy (non-hydrogen) atoms. The van der Waals surface area contributed by atoms with Crippen molar-refractivity contribution in [3.8, 4) is 0 Å². The highest BCUT2D eigenvalue weighted by Crippen LogP contribution is 2.24. The summed E-state index contributed by atoms with van der Waals surface area (Å²) in [6.45, 7) is 8.57. The minimum absolute atomic E-state index is 0. The standard InChI is InChI=1S/C20H28N4O.2ClH/c1-5-16-6-8-17(9-7-16)19-13-21-10-11-24(19)20(25)12-18-14(2)22-23(4)15(18)3;;/h6-9,19,21H,5,10-13H2,1-4H3;2*1H. The van der Waals surface area contributed by atoms with Crippen molar-refractivity contribution in [1.29, 1.82) is 0 Å². The number of aryl methyl sites for hydroxylation is 3. The normalized spacial score (nSPS) is 16.4. The quantitative estimate of drug-likeness (QED) is 0.838. The highest BCUT2D eigenvalue weighted by atomic mass is 35.5. The van der Waals surface area contributed by atoms with Gasteiger partial charge in [0.1, 0.15) is 0 Å². The van der Waals surface area contributed by atoms with Crippen LogP contribution >= 0.6 is 24.8 Å². The van der Waals surface area contributed by atoms with Gasteiger partial charge in [0.25, 0.3) is 0 Å². The van der Waals surface area contributed by atoms with Crippen LogP contribution in [0.3, 0.4) is 0 Å². The summed E-state index contributed by atoms with van der Waals surface area (Å²) < 4.78 is 1.86. The summed E-state index contributed by atoms with van der Waals surface area (Å²) in [6.07, 6.45) is 1.46. The van der Waals surface area contributed by atoms with E-state index in [4.69, 9.17) is 0 Å². The Morgan fingerprint density at radius 3 is 2.44 bits per heavy atom. The van der Waals surface area contributed by atoms with Crippen LogP contribution in [0, 0.1) is 13.8 Å². The van der Waals surface area contributed by atoms with Gasteiger partial charge in [-0.2, -0.15) is 5.10 Å². The molecule has 0 bridgehead atoms. The fraction of sp³-hybridized carbons (Fsp3) is 0.500. The monoisotopic (exact) mass is 412 g/mol. The number of aromatic nitrogens is 2. The number of nitrogens with one attached hydrogen (secondary N) is 1. The molecule has 1 atom stereocenters. The fourth-order valence-electron chi connectivity index (χ4n) is 3.60. The second-order valence-electron chi connectivity index (χ2n) is 6.85. The molecule has 1 saturated heterocycles. The first kappa shape index (κ1) is 23.5. The average molecular weight is 413 g/mol. The minimum Gasteiger partial charge on any atom is -0.333 e. The number of rotatable bonds is 4. The zero-order valence-electron chi connectivity index (χ0n) is 16.5. The van der Waals surface area contributed by atoms with Gasteiger partial charge in [-0.05, 0) is 31.4 Å². The van der Waals surface area contributed by atoms with Crippen molar-refractivity contribution in [2.45, 2.75) is 39.7 Å². The molecule has 0 aliphatic carbocycles. The third-order valence-electron chi connectivity index (χ3n) is 5.32. The van der Waals surface area contributed by atoms with Crippen LogP contribution in [-0.2, 0) is 24.7 Å². The molecule has 3 rings (SSSR count). The van der Waals surface area contributed by atoms with E-state index >= 15 is 0 Å². The summed E-state index contributed by atoms with van der Waals surface area (Å²) in [5.41, 5.74) is 5.62. The number of amides is 1. The maximum Gasteiger partial charge on any atom is 0.227 e. The second kappa shape index (κ2) is 10.1. The van der Waals surface area contributed by atoms with Crippen LogP contribution in [-0.4, -0.2) is 40.2 Å². The summed E-state index contributed by atoms with van der Waals surface area (Å²) in [4.78, 5) is 15.1. The first-order valence-corrected chi connectivity index (χ1v) is 9.09. The van der Waals surface area contributed by atoms with E-state index in [9.17, 15) is 4.79 Å². The van der Waals surface area contributed by atoms with Gasteiger partial charge < -0.3 is 10.2 Å². The van der Waals surface area contributed by atoms with Crippen molar-refractivity contribution in [3.63, 3.8) is 0 Å². The Kier molecular flexibility index (Phi) is 8.79. The molecule has 5 nitrogen and oxygen atoms in total. The van der Waals surface area contributed by atoms with Crippen LogP contribution in [0.4, 0.5) is 0 Å². The topological polar surface area (TPSA) is 50.2 Å². The van der Waals surface area contributed by atoms with Crippen molar-refractivity contribution < 1.29 is 4.79 Å². The Labute approximate surface area is 174 Å². The lowest BCUT2D eigenvalue weighted by molar-refractivity contribution is -0.133. The molecule has 0 radical (unpaired) electrons. The van der Waals surface area contributed by atoms with E-state index in [0.717, 1.165) is 43.0 Å². The molecular formula is C20H30Cl2N4O. The first-order chi connectivity index (χ1) is 12.0. The van der Waals surface area contributed by atoms with E-state index in [1.807, 2.05) is 30.5 Å². The zero-order valence-corrected chi connectivity index (χ0v) is 18.1. The molecule has 0 saturated carbocycles. The number of hydrogen-bond donors (Lipinski definition) is 1. The number of halogens is 2. The SMILES string of the molecule is CCc1ccc(C2CNCCN2C(=O)Cc2c(C)nn(C)c2C)cc1.Cl.Cl. The number of benzene rings is 1. The molecule has 0 spiro atoms. The molecular weight excluding hydrogens is 383 g/mol. The lowest BCUT2D eigenvalue weighted by Gasteiger charge is -2.37. The van der Waals surface area contributed by atoms with Gasteiger partial charge in [-0.3, -0.25) is 9.48 Å². The first-order valence-electron chi connectivity index (χ1n) is 9.09. The lowest BCUT2D eigenvalue weighted by atomic mass is 9.99. The van der Waals surface area contributed by atoms with E-state index in [0.29, 0.717) is 6.42 Å². The molecule has 1 fully saturated rings.